The third-order valence-electron chi connectivity index (χ3n) is 3.96. The zero-order chi connectivity index (χ0) is 17.5. The largest absolute Gasteiger partial charge is 0.384 e. The molecule has 2 heterocycles. The molecular formula is C18H21FN4O2. The van der Waals surface area contributed by atoms with Crippen LogP contribution in [0.5, 0.6) is 0 Å². The maximum Gasteiger partial charge on any atom is 0.274 e. The molecule has 2 aromatic rings. The van der Waals surface area contributed by atoms with E-state index < -0.39 is 0 Å². The van der Waals surface area contributed by atoms with Gasteiger partial charge in [0.15, 0.2) is 0 Å². The topological polar surface area (TPSA) is 66.5 Å². The number of carbonyl (C=O) groups is 1. The maximum absolute atomic E-state index is 12.9. The average molecular weight is 344 g/mol. The lowest BCUT2D eigenvalue weighted by atomic mass is 10.2. The minimum Gasteiger partial charge on any atom is -0.384 e. The van der Waals surface area contributed by atoms with Crippen LogP contribution in [0, 0.1) is 5.82 Å². The Morgan fingerprint density at radius 2 is 1.92 bits per heavy atom. The lowest BCUT2D eigenvalue weighted by Crippen LogP contribution is -2.39. The van der Waals surface area contributed by atoms with Gasteiger partial charge < -0.3 is 15.4 Å². The molecule has 25 heavy (non-hydrogen) atoms. The Labute approximate surface area is 146 Å². The Kier molecular flexibility index (Phi) is 5.92. The number of aromatic nitrogens is 1. The van der Waals surface area contributed by atoms with E-state index in [1.165, 1.54) is 24.3 Å². The molecule has 1 aliphatic rings. The summed E-state index contributed by atoms with van der Waals surface area (Å²) in [4.78, 5) is 18.7. The molecule has 7 heteroatoms. The van der Waals surface area contributed by atoms with Crippen LogP contribution in [-0.4, -0.2) is 55.2 Å². The number of benzene rings is 1. The summed E-state index contributed by atoms with van der Waals surface area (Å²) in [6.45, 7) is 5.16. The second-order valence-electron chi connectivity index (χ2n) is 5.77. The molecule has 6 nitrogen and oxygen atoms in total. The molecule has 1 aromatic carbocycles. The maximum atomic E-state index is 12.9. The summed E-state index contributed by atoms with van der Waals surface area (Å²) in [5, 5.41) is 6.01. The van der Waals surface area contributed by atoms with Crippen LogP contribution in [0.2, 0.25) is 0 Å². The van der Waals surface area contributed by atoms with E-state index in [0.717, 1.165) is 45.1 Å². The van der Waals surface area contributed by atoms with Gasteiger partial charge >= 0.3 is 0 Å². The molecule has 1 fully saturated rings. The van der Waals surface area contributed by atoms with Gasteiger partial charge in [-0.1, -0.05) is 0 Å². The molecule has 0 aliphatic carbocycles. The molecule has 132 valence electrons. The summed E-state index contributed by atoms with van der Waals surface area (Å²) >= 11 is 0. The van der Waals surface area contributed by atoms with Gasteiger partial charge in [-0.2, -0.15) is 0 Å². The normalized spacial score (nSPS) is 14.9. The molecule has 0 spiro atoms. The average Bonchev–Trinajstić information content (AvgIpc) is 2.65. The Morgan fingerprint density at radius 3 is 2.68 bits per heavy atom. The van der Waals surface area contributed by atoms with Crippen molar-refractivity contribution < 1.29 is 13.9 Å². The summed E-state index contributed by atoms with van der Waals surface area (Å²) in [6.07, 6.45) is 1.59. The predicted molar refractivity (Wildman–Crippen MR) is 94.3 cm³/mol. The van der Waals surface area contributed by atoms with E-state index in [-0.39, 0.29) is 11.7 Å². The van der Waals surface area contributed by atoms with Crippen LogP contribution in [0.15, 0.2) is 42.6 Å². The van der Waals surface area contributed by atoms with Crippen LogP contribution in [0.25, 0.3) is 0 Å². The molecular weight excluding hydrogens is 323 g/mol. The monoisotopic (exact) mass is 344 g/mol. The predicted octanol–water partition coefficient (Wildman–Crippen LogP) is 2.22. The lowest BCUT2D eigenvalue weighted by Gasteiger charge is -2.26. The van der Waals surface area contributed by atoms with Crippen molar-refractivity contribution >= 4 is 17.3 Å². The minimum atomic E-state index is -0.345. The number of rotatable bonds is 6. The van der Waals surface area contributed by atoms with Crippen LogP contribution in [0.3, 0.4) is 0 Å². The van der Waals surface area contributed by atoms with Gasteiger partial charge in [-0.3, -0.25) is 14.7 Å². The Morgan fingerprint density at radius 1 is 1.16 bits per heavy atom. The number of carbonyl (C=O) groups excluding carboxylic acids is 1. The van der Waals surface area contributed by atoms with Gasteiger partial charge in [0.2, 0.25) is 0 Å². The van der Waals surface area contributed by atoms with Gasteiger partial charge in [0.1, 0.15) is 11.5 Å². The van der Waals surface area contributed by atoms with E-state index in [1.807, 2.05) is 6.07 Å². The third kappa shape index (κ3) is 5.23. The van der Waals surface area contributed by atoms with Crippen molar-refractivity contribution in [1.82, 2.24) is 9.88 Å². The van der Waals surface area contributed by atoms with Crippen molar-refractivity contribution in [2.45, 2.75) is 0 Å². The van der Waals surface area contributed by atoms with Crippen molar-refractivity contribution in [2.24, 2.45) is 0 Å². The molecule has 0 unspecified atom stereocenters. The molecule has 0 radical (unpaired) electrons. The van der Waals surface area contributed by atoms with E-state index in [2.05, 4.69) is 20.5 Å². The number of ether oxygens (including phenoxy) is 1. The summed E-state index contributed by atoms with van der Waals surface area (Å²) in [6, 6.07) is 9.15. The molecule has 0 bridgehead atoms. The first-order chi connectivity index (χ1) is 12.2. The van der Waals surface area contributed by atoms with Crippen LogP contribution in [-0.2, 0) is 4.74 Å². The van der Waals surface area contributed by atoms with Gasteiger partial charge in [-0.25, -0.2) is 4.39 Å². The number of hydrogen-bond donors (Lipinski definition) is 2. The van der Waals surface area contributed by atoms with Gasteiger partial charge in [-0.15, -0.1) is 0 Å². The van der Waals surface area contributed by atoms with Gasteiger partial charge in [0.05, 0.1) is 13.2 Å². The zero-order valence-electron chi connectivity index (χ0n) is 13.9. The van der Waals surface area contributed by atoms with Gasteiger partial charge in [0, 0.05) is 43.8 Å². The Hall–Kier alpha value is -2.51. The number of halogens is 1. The van der Waals surface area contributed by atoms with E-state index in [9.17, 15) is 9.18 Å². The molecule has 2 N–H and O–H groups in total. The fourth-order valence-corrected chi connectivity index (χ4v) is 2.58. The highest BCUT2D eigenvalue weighted by atomic mass is 19.1. The van der Waals surface area contributed by atoms with Crippen LogP contribution < -0.4 is 10.6 Å². The summed E-state index contributed by atoms with van der Waals surface area (Å²) in [5.74, 6) is -0.675. The smallest absolute Gasteiger partial charge is 0.274 e. The van der Waals surface area contributed by atoms with Crippen molar-refractivity contribution in [3.05, 3.63) is 54.1 Å². The summed E-state index contributed by atoms with van der Waals surface area (Å²) in [5.41, 5.74) is 1.67. The van der Waals surface area contributed by atoms with Gasteiger partial charge in [0.25, 0.3) is 5.91 Å². The number of anilines is 2. The van der Waals surface area contributed by atoms with Crippen molar-refractivity contribution in [2.75, 3.05) is 50.0 Å². The van der Waals surface area contributed by atoms with Crippen LogP contribution in [0.4, 0.5) is 15.8 Å². The van der Waals surface area contributed by atoms with Crippen molar-refractivity contribution in [3.8, 4) is 0 Å². The number of amides is 1. The fraction of sp³-hybridized carbons (Fsp3) is 0.333. The van der Waals surface area contributed by atoms with E-state index in [4.69, 9.17) is 4.74 Å². The van der Waals surface area contributed by atoms with Crippen LogP contribution >= 0.6 is 0 Å². The van der Waals surface area contributed by atoms with Crippen molar-refractivity contribution in [1.29, 1.82) is 0 Å². The first-order valence-corrected chi connectivity index (χ1v) is 8.28. The quantitative estimate of drug-likeness (QED) is 0.841. The fourth-order valence-electron chi connectivity index (χ4n) is 2.58. The lowest BCUT2D eigenvalue weighted by molar-refractivity contribution is 0.0398. The Balaban J connectivity index is 1.53. The minimum absolute atomic E-state index is 0.306. The SMILES string of the molecule is O=C(Nc1ccc(F)cc1)c1cc(NCCN2CCOCC2)ccn1. The first kappa shape index (κ1) is 17.3. The van der Waals surface area contributed by atoms with E-state index in [0.29, 0.717) is 11.4 Å². The van der Waals surface area contributed by atoms with E-state index >= 15 is 0 Å². The standard InChI is InChI=1S/C18H21FN4O2/c19-14-1-3-15(4-2-14)22-18(24)17-13-16(5-6-21-17)20-7-8-23-9-11-25-12-10-23/h1-6,13H,7-12H2,(H,20,21)(H,22,24). The molecule has 1 amide bonds. The highest BCUT2D eigenvalue weighted by molar-refractivity contribution is 6.03. The number of hydrogen-bond acceptors (Lipinski definition) is 5. The second-order valence-corrected chi connectivity index (χ2v) is 5.77. The van der Waals surface area contributed by atoms with Crippen LogP contribution in [0.1, 0.15) is 10.5 Å². The van der Waals surface area contributed by atoms with Crippen molar-refractivity contribution in [3.63, 3.8) is 0 Å². The molecule has 1 aromatic heterocycles. The molecule has 0 saturated carbocycles. The number of morpholine rings is 1. The second kappa shape index (κ2) is 8.55. The number of nitrogens with one attached hydrogen (secondary N) is 2. The van der Waals surface area contributed by atoms with E-state index in [1.54, 1.807) is 12.3 Å². The summed E-state index contributed by atoms with van der Waals surface area (Å²) in [7, 11) is 0. The van der Waals surface area contributed by atoms with Gasteiger partial charge in [-0.05, 0) is 36.4 Å². The first-order valence-electron chi connectivity index (χ1n) is 8.28. The molecule has 1 aliphatic heterocycles. The highest BCUT2D eigenvalue weighted by Crippen LogP contribution is 2.12. The number of nitrogens with zero attached hydrogens (tertiary/aromatic N) is 2. The molecule has 1 saturated heterocycles. The Bertz CT molecular complexity index is 702. The molecule has 3 rings (SSSR count). The summed E-state index contributed by atoms with van der Waals surface area (Å²) < 4.78 is 18.2. The number of pyridine rings is 1. The zero-order valence-corrected chi connectivity index (χ0v) is 13.9. The third-order valence-corrected chi connectivity index (χ3v) is 3.96. The molecule has 0 atom stereocenters. The highest BCUT2D eigenvalue weighted by Gasteiger charge is 2.11.